The summed E-state index contributed by atoms with van der Waals surface area (Å²) in [5, 5.41) is 14.7. The van der Waals surface area contributed by atoms with E-state index in [2.05, 4.69) is 32.1 Å². The van der Waals surface area contributed by atoms with Crippen LogP contribution in [0.25, 0.3) is 16.9 Å². The van der Waals surface area contributed by atoms with E-state index in [4.69, 9.17) is 16.1 Å². The van der Waals surface area contributed by atoms with E-state index in [1.165, 1.54) is 12.8 Å². The Kier molecular flexibility index (Phi) is 4.66. The number of rotatable bonds is 6. The molecule has 7 heteroatoms. The molecule has 2 aromatic heterocycles. The molecule has 5 rings (SSSR count). The molecule has 4 aromatic rings. The van der Waals surface area contributed by atoms with Crippen LogP contribution in [0.1, 0.15) is 30.3 Å². The van der Waals surface area contributed by atoms with Gasteiger partial charge < -0.3 is 4.52 Å². The second-order valence-electron chi connectivity index (χ2n) is 6.76. The topological polar surface area (TPSA) is 56.7 Å². The molecular weight excluding hydrogens is 392 g/mol. The second-order valence-corrected chi connectivity index (χ2v) is 8.14. The van der Waals surface area contributed by atoms with Gasteiger partial charge in [-0.3, -0.25) is 4.57 Å². The van der Waals surface area contributed by atoms with Crippen LogP contribution >= 0.6 is 23.4 Å². The Bertz CT molecular complexity index is 1090. The molecule has 2 heterocycles. The predicted octanol–water partition coefficient (Wildman–Crippen LogP) is 5.75. The fourth-order valence-corrected chi connectivity index (χ4v) is 4.03. The Morgan fingerprint density at radius 2 is 1.82 bits per heavy atom. The molecular formula is C21H17ClN4OS. The number of benzene rings is 2. The molecule has 0 atom stereocenters. The summed E-state index contributed by atoms with van der Waals surface area (Å²) < 4.78 is 7.69. The van der Waals surface area contributed by atoms with Crippen molar-refractivity contribution in [1.29, 1.82) is 0 Å². The van der Waals surface area contributed by atoms with Gasteiger partial charge >= 0.3 is 0 Å². The van der Waals surface area contributed by atoms with E-state index in [0.29, 0.717) is 16.7 Å². The van der Waals surface area contributed by atoms with Gasteiger partial charge in [0.05, 0.1) is 5.75 Å². The summed E-state index contributed by atoms with van der Waals surface area (Å²) in [4.78, 5) is 0. The third-order valence-corrected chi connectivity index (χ3v) is 5.86. The first-order valence-corrected chi connectivity index (χ1v) is 10.5. The Hall–Kier alpha value is -2.57. The van der Waals surface area contributed by atoms with Crippen molar-refractivity contribution < 1.29 is 4.52 Å². The van der Waals surface area contributed by atoms with Gasteiger partial charge in [-0.05, 0) is 37.1 Å². The molecule has 0 bridgehead atoms. The molecule has 1 aliphatic rings. The van der Waals surface area contributed by atoms with Crippen molar-refractivity contribution in [3.8, 4) is 16.9 Å². The van der Waals surface area contributed by atoms with E-state index in [0.717, 1.165) is 33.7 Å². The van der Waals surface area contributed by atoms with Crippen molar-refractivity contribution in [3.63, 3.8) is 0 Å². The number of para-hydroxylation sites is 1. The van der Waals surface area contributed by atoms with Gasteiger partial charge in [-0.2, -0.15) is 0 Å². The van der Waals surface area contributed by atoms with Crippen molar-refractivity contribution in [3.05, 3.63) is 77.3 Å². The summed E-state index contributed by atoms with van der Waals surface area (Å²) >= 11 is 7.56. The second kappa shape index (κ2) is 7.45. The normalized spacial score (nSPS) is 13.8. The van der Waals surface area contributed by atoms with Crippen LogP contribution in [0.4, 0.5) is 0 Å². The Balaban J connectivity index is 1.37. The van der Waals surface area contributed by atoms with Crippen molar-refractivity contribution in [2.24, 2.45) is 0 Å². The van der Waals surface area contributed by atoms with Crippen molar-refractivity contribution >= 4 is 23.4 Å². The zero-order chi connectivity index (χ0) is 18.9. The van der Waals surface area contributed by atoms with Gasteiger partial charge in [0.1, 0.15) is 17.3 Å². The van der Waals surface area contributed by atoms with Gasteiger partial charge in [0.2, 0.25) is 0 Å². The molecule has 0 amide bonds. The van der Waals surface area contributed by atoms with Gasteiger partial charge in [-0.15, -0.1) is 10.2 Å². The van der Waals surface area contributed by atoms with E-state index in [9.17, 15) is 0 Å². The molecule has 1 saturated carbocycles. The number of nitrogens with zero attached hydrogens (tertiary/aromatic N) is 4. The molecule has 28 heavy (non-hydrogen) atoms. The number of halogens is 1. The van der Waals surface area contributed by atoms with Gasteiger partial charge in [-0.25, -0.2) is 0 Å². The summed E-state index contributed by atoms with van der Waals surface area (Å²) in [6.07, 6.45) is 2.37. The lowest BCUT2D eigenvalue weighted by Gasteiger charge is -2.09. The van der Waals surface area contributed by atoms with Crippen molar-refractivity contribution in [1.82, 2.24) is 19.9 Å². The summed E-state index contributed by atoms with van der Waals surface area (Å²) in [5.41, 5.74) is 2.87. The molecule has 0 unspecified atom stereocenters. The number of hydrogen-bond donors (Lipinski definition) is 0. The molecule has 0 saturated heterocycles. The highest BCUT2D eigenvalue weighted by Crippen LogP contribution is 2.41. The fourth-order valence-electron chi connectivity index (χ4n) is 3.07. The summed E-state index contributed by atoms with van der Waals surface area (Å²) in [7, 11) is 0. The largest absolute Gasteiger partial charge is 0.360 e. The smallest absolute Gasteiger partial charge is 0.196 e. The molecule has 1 aliphatic carbocycles. The van der Waals surface area contributed by atoms with Crippen LogP contribution in [-0.4, -0.2) is 19.9 Å². The molecule has 2 aromatic carbocycles. The first kappa shape index (κ1) is 17.5. The van der Waals surface area contributed by atoms with Crippen LogP contribution in [0, 0.1) is 0 Å². The van der Waals surface area contributed by atoms with Gasteiger partial charge in [-0.1, -0.05) is 58.9 Å². The van der Waals surface area contributed by atoms with E-state index < -0.39 is 0 Å². The molecule has 140 valence electrons. The van der Waals surface area contributed by atoms with Gasteiger partial charge in [0, 0.05) is 28.3 Å². The molecule has 1 fully saturated rings. The maximum Gasteiger partial charge on any atom is 0.196 e. The van der Waals surface area contributed by atoms with Crippen molar-refractivity contribution in [2.75, 3.05) is 0 Å². The Labute approximate surface area is 171 Å². The maximum absolute atomic E-state index is 5.95. The lowest BCUT2D eigenvalue weighted by atomic mass is 10.1. The zero-order valence-electron chi connectivity index (χ0n) is 15.0. The van der Waals surface area contributed by atoms with Crippen LogP contribution < -0.4 is 0 Å². The van der Waals surface area contributed by atoms with E-state index >= 15 is 0 Å². The third kappa shape index (κ3) is 3.57. The SMILES string of the molecule is Clc1ccc(-c2cc(CSc3nnc(C4CC4)n3-c3ccccc3)on2)cc1. The van der Waals surface area contributed by atoms with Crippen molar-refractivity contribution in [2.45, 2.75) is 29.7 Å². The van der Waals surface area contributed by atoms with Crippen LogP contribution in [0.15, 0.2) is 70.3 Å². The van der Waals surface area contributed by atoms with Crippen LogP contribution in [-0.2, 0) is 5.75 Å². The van der Waals surface area contributed by atoms with Gasteiger partial charge in [0.25, 0.3) is 0 Å². The maximum atomic E-state index is 5.95. The lowest BCUT2D eigenvalue weighted by Crippen LogP contribution is -2.01. The minimum Gasteiger partial charge on any atom is -0.360 e. The monoisotopic (exact) mass is 408 g/mol. The zero-order valence-corrected chi connectivity index (χ0v) is 16.5. The lowest BCUT2D eigenvalue weighted by molar-refractivity contribution is 0.397. The highest BCUT2D eigenvalue weighted by molar-refractivity contribution is 7.98. The summed E-state index contributed by atoms with van der Waals surface area (Å²) in [5.74, 6) is 3.00. The molecule has 0 radical (unpaired) electrons. The molecule has 0 spiro atoms. The van der Waals surface area contributed by atoms with E-state index in [-0.39, 0.29) is 0 Å². The van der Waals surface area contributed by atoms with Crippen LogP contribution in [0.3, 0.4) is 0 Å². The van der Waals surface area contributed by atoms with E-state index in [1.54, 1.807) is 11.8 Å². The number of hydrogen-bond acceptors (Lipinski definition) is 5. The minimum atomic E-state index is 0.517. The molecule has 5 nitrogen and oxygen atoms in total. The summed E-state index contributed by atoms with van der Waals surface area (Å²) in [6.45, 7) is 0. The first-order chi connectivity index (χ1) is 13.8. The third-order valence-electron chi connectivity index (χ3n) is 4.66. The minimum absolute atomic E-state index is 0.517. The first-order valence-electron chi connectivity index (χ1n) is 9.13. The number of thioether (sulfide) groups is 1. The van der Waals surface area contributed by atoms with E-state index in [1.807, 2.05) is 48.5 Å². The Morgan fingerprint density at radius 3 is 2.57 bits per heavy atom. The number of aromatic nitrogens is 4. The standard InChI is InChI=1S/C21H17ClN4OS/c22-16-10-8-14(9-11-16)19-12-18(27-25-19)13-28-21-24-23-20(15-6-7-15)26(21)17-4-2-1-3-5-17/h1-5,8-12,15H,6-7,13H2. The quantitative estimate of drug-likeness (QED) is 0.380. The Morgan fingerprint density at radius 1 is 1.04 bits per heavy atom. The predicted molar refractivity (Wildman–Crippen MR) is 110 cm³/mol. The molecule has 0 aliphatic heterocycles. The van der Waals surface area contributed by atoms with Crippen LogP contribution in [0.2, 0.25) is 5.02 Å². The molecule has 0 N–H and O–H groups in total. The van der Waals surface area contributed by atoms with Gasteiger partial charge in [0.15, 0.2) is 5.16 Å². The van der Waals surface area contributed by atoms with Crippen LogP contribution in [0.5, 0.6) is 0 Å². The highest BCUT2D eigenvalue weighted by Gasteiger charge is 2.31. The summed E-state index contributed by atoms with van der Waals surface area (Å²) in [6, 6.07) is 19.8. The average Bonchev–Trinajstić information content (AvgIpc) is 3.31. The average molecular weight is 409 g/mol. The highest BCUT2D eigenvalue weighted by atomic mass is 35.5. The fraction of sp³-hybridized carbons (Fsp3) is 0.190.